The summed E-state index contributed by atoms with van der Waals surface area (Å²) in [6, 6.07) is 30.0. The standard InChI is InChI=1S/C25H29NO/c1-27-25-18-16-24(17-19-25)26(20-8-14-22-10-4-2-5-11-22)21-9-15-23-12-6-3-7-13-23/h2-7,10-13,16-19H,8-9,14-15,20-21H2,1H3. The molecule has 0 aromatic heterocycles. The first-order chi connectivity index (χ1) is 13.3. The second kappa shape index (κ2) is 10.4. The fraction of sp³-hybridized carbons (Fsp3) is 0.280. The Morgan fingerprint density at radius 1 is 0.630 bits per heavy atom. The molecule has 0 spiro atoms. The summed E-state index contributed by atoms with van der Waals surface area (Å²) in [6.07, 6.45) is 4.54. The maximum absolute atomic E-state index is 5.31. The van der Waals surface area contributed by atoms with E-state index in [4.69, 9.17) is 4.74 Å². The second-order valence-corrected chi connectivity index (χ2v) is 6.86. The van der Waals surface area contributed by atoms with Crippen LogP contribution < -0.4 is 9.64 Å². The summed E-state index contributed by atoms with van der Waals surface area (Å²) in [5.41, 5.74) is 4.10. The van der Waals surface area contributed by atoms with Crippen LogP contribution in [0, 0.1) is 0 Å². The fourth-order valence-corrected chi connectivity index (χ4v) is 3.40. The van der Waals surface area contributed by atoms with E-state index in [0.29, 0.717) is 0 Å². The normalized spacial score (nSPS) is 10.6. The molecule has 0 atom stereocenters. The molecule has 140 valence electrons. The molecule has 0 saturated heterocycles. The summed E-state index contributed by atoms with van der Waals surface area (Å²) in [5, 5.41) is 0. The molecule has 0 saturated carbocycles. The van der Waals surface area contributed by atoms with Crippen molar-refractivity contribution in [1.82, 2.24) is 0 Å². The van der Waals surface area contributed by atoms with Gasteiger partial charge in [0, 0.05) is 18.8 Å². The topological polar surface area (TPSA) is 12.5 Å². The lowest BCUT2D eigenvalue weighted by Gasteiger charge is -2.25. The van der Waals surface area contributed by atoms with E-state index in [1.807, 2.05) is 0 Å². The van der Waals surface area contributed by atoms with Gasteiger partial charge in [-0.1, -0.05) is 60.7 Å². The molecule has 0 heterocycles. The maximum Gasteiger partial charge on any atom is 0.119 e. The van der Waals surface area contributed by atoms with Crippen LogP contribution in [-0.4, -0.2) is 20.2 Å². The third kappa shape index (κ3) is 6.18. The van der Waals surface area contributed by atoms with E-state index >= 15 is 0 Å². The van der Waals surface area contributed by atoms with Gasteiger partial charge >= 0.3 is 0 Å². The highest BCUT2D eigenvalue weighted by Gasteiger charge is 2.07. The highest BCUT2D eigenvalue weighted by molar-refractivity contribution is 5.49. The average Bonchev–Trinajstić information content (AvgIpc) is 2.74. The van der Waals surface area contributed by atoms with Crippen molar-refractivity contribution in [2.24, 2.45) is 0 Å². The smallest absolute Gasteiger partial charge is 0.119 e. The Morgan fingerprint density at radius 2 is 1.11 bits per heavy atom. The number of nitrogens with zero attached hydrogens (tertiary/aromatic N) is 1. The fourth-order valence-electron chi connectivity index (χ4n) is 3.40. The van der Waals surface area contributed by atoms with Crippen molar-refractivity contribution in [2.45, 2.75) is 25.7 Å². The molecule has 0 radical (unpaired) electrons. The predicted octanol–water partition coefficient (Wildman–Crippen LogP) is 5.77. The van der Waals surface area contributed by atoms with Gasteiger partial charge in [-0.2, -0.15) is 0 Å². The Labute approximate surface area is 163 Å². The first-order valence-corrected chi connectivity index (χ1v) is 9.82. The highest BCUT2D eigenvalue weighted by Crippen LogP contribution is 2.20. The molecule has 0 N–H and O–H groups in total. The zero-order valence-corrected chi connectivity index (χ0v) is 16.2. The van der Waals surface area contributed by atoms with Crippen molar-refractivity contribution in [3.05, 3.63) is 96.1 Å². The molecule has 0 fully saturated rings. The van der Waals surface area contributed by atoms with Crippen LogP contribution in [-0.2, 0) is 12.8 Å². The number of hydrogen-bond donors (Lipinski definition) is 0. The van der Waals surface area contributed by atoms with E-state index in [2.05, 4.69) is 89.8 Å². The van der Waals surface area contributed by atoms with Gasteiger partial charge in [-0.3, -0.25) is 0 Å². The zero-order valence-electron chi connectivity index (χ0n) is 16.2. The number of rotatable bonds is 10. The van der Waals surface area contributed by atoms with Gasteiger partial charge < -0.3 is 9.64 Å². The first kappa shape index (κ1) is 19.0. The van der Waals surface area contributed by atoms with Crippen LogP contribution in [0.15, 0.2) is 84.9 Å². The molecule has 0 aliphatic carbocycles. The number of methoxy groups -OCH3 is 1. The van der Waals surface area contributed by atoms with Gasteiger partial charge in [0.25, 0.3) is 0 Å². The Bertz CT molecular complexity index is 723. The van der Waals surface area contributed by atoms with Crippen molar-refractivity contribution < 1.29 is 4.74 Å². The van der Waals surface area contributed by atoms with E-state index in [1.165, 1.54) is 16.8 Å². The minimum absolute atomic E-state index is 0.910. The lowest BCUT2D eigenvalue weighted by Crippen LogP contribution is -2.26. The summed E-state index contributed by atoms with van der Waals surface area (Å²) in [4.78, 5) is 2.51. The Balaban J connectivity index is 1.58. The molecule has 27 heavy (non-hydrogen) atoms. The number of anilines is 1. The largest absolute Gasteiger partial charge is 0.497 e. The number of hydrogen-bond acceptors (Lipinski definition) is 2. The quantitative estimate of drug-likeness (QED) is 0.456. The lowest BCUT2D eigenvalue weighted by atomic mass is 10.1. The third-order valence-corrected chi connectivity index (χ3v) is 4.91. The van der Waals surface area contributed by atoms with Crippen molar-refractivity contribution in [3.63, 3.8) is 0 Å². The monoisotopic (exact) mass is 359 g/mol. The van der Waals surface area contributed by atoms with E-state index in [9.17, 15) is 0 Å². The lowest BCUT2D eigenvalue weighted by molar-refractivity contribution is 0.415. The van der Waals surface area contributed by atoms with Gasteiger partial charge in [0.15, 0.2) is 0 Å². The van der Waals surface area contributed by atoms with Gasteiger partial charge in [-0.05, 0) is 61.1 Å². The van der Waals surface area contributed by atoms with Crippen LogP contribution in [0.5, 0.6) is 5.75 Å². The molecule has 3 aromatic rings. The molecule has 3 rings (SSSR count). The van der Waals surface area contributed by atoms with Crippen molar-refractivity contribution >= 4 is 5.69 Å². The zero-order chi connectivity index (χ0) is 18.7. The molecule has 2 nitrogen and oxygen atoms in total. The van der Waals surface area contributed by atoms with Gasteiger partial charge in [0.1, 0.15) is 5.75 Å². The van der Waals surface area contributed by atoms with E-state index in [0.717, 1.165) is 44.5 Å². The van der Waals surface area contributed by atoms with Crippen molar-refractivity contribution in [3.8, 4) is 5.75 Å². The minimum Gasteiger partial charge on any atom is -0.497 e. The molecular formula is C25H29NO. The van der Waals surface area contributed by atoms with Crippen LogP contribution >= 0.6 is 0 Å². The van der Waals surface area contributed by atoms with Crippen LogP contribution in [0.2, 0.25) is 0 Å². The van der Waals surface area contributed by atoms with Crippen LogP contribution in [0.25, 0.3) is 0 Å². The molecule has 0 amide bonds. The van der Waals surface area contributed by atoms with Gasteiger partial charge in [0.05, 0.1) is 7.11 Å². The van der Waals surface area contributed by atoms with Crippen LogP contribution in [0.3, 0.4) is 0 Å². The summed E-state index contributed by atoms with van der Waals surface area (Å²) in [7, 11) is 1.71. The highest BCUT2D eigenvalue weighted by atomic mass is 16.5. The van der Waals surface area contributed by atoms with Crippen LogP contribution in [0.1, 0.15) is 24.0 Å². The Kier molecular flexibility index (Phi) is 7.34. The van der Waals surface area contributed by atoms with E-state index in [1.54, 1.807) is 7.11 Å². The average molecular weight is 360 g/mol. The summed E-state index contributed by atoms with van der Waals surface area (Å²) < 4.78 is 5.31. The van der Waals surface area contributed by atoms with Gasteiger partial charge in [-0.25, -0.2) is 0 Å². The summed E-state index contributed by atoms with van der Waals surface area (Å²) in [6.45, 7) is 2.13. The number of ether oxygens (including phenoxy) is 1. The molecule has 3 aromatic carbocycles. The molecule has 0 aliphatic rings. The predicted molar refractivity (Wildman–Crippen MR) is 115 cm³/mol. The molecular weight excluding hydrogens is 330 g/mol. The van der Waals surface area contributed by atoms with Gasteiger partial charge in [0.2, 0.25) is 0 Å². The first-order valence-electron chi connectivity index (χ1n) is 9.82. The molecule has 2 heteroatoms. The number of benzene rings is 3. The van der Waals surface area contributed by atoms with Crippen molar-refractivity contribution in [1.29, 1.82) is 0 Å². The summed E-state index contributed by atoms with van der Waals surface area (Å²) >= 11 is 0. The minimum atomic E-state index is 0.910. The SMILES string of the molecule is COc1ccc(N(CCCc2ccccc2)CCCc2ccccc2)cc1. The van der Waals surface area contributed by atoms with Crippen LogP contribution in [0.4, 0.5) is 5.69 Å². The van der Waals surface area contributed by atoms with Crippen molar-refractivity contribution in [2.75, 3.05) is 25.1 Å². The Morgan fingerprint density at radius 3 is 1.56 bits per heavy atom. The maximum atomic E-state index is 5.31. The third-order valence-electron chi connectivity index (χ3n) is 4.91. The Hall–Kier alpha value is -2.74. The second-order valence-electron chi connectivity index (χ2n) is 6.86. The number of aryl methyl sites for hydroxylation is 2. The summed E-state index contributed by atoms with van der Waals surface area (Å²) in [5.74, 6) is 0.910. The van der Waals surface area contributed by atoms with E-state index < -0.39 is 0 Å². The molecule has 0 unspecified atom stereocenters. The van der Waals surface area contributed by atoms with Gasteiger partial charge in [-0.15, -0.1) is 0 Å². The molecule has 0 bridgehead atoms. The van der Waals surface area contributed by atoms with E-state index in [-0.39, 0.29) is 0 Å². The molecule has 0 aliphatic heterocycles.